The minimum Gasteiger partial charge on any atom is -0.352 e. The summed E-state index contributed by atoms with van der Waals surface area (Å²) in [4.78, 5) is 12.2. The first-order chi connectivity index (χ1) is 10.6. The number of hydrogen-bond donors (Lipinski definition) is 2. The van der Waals surface area contributed by atoms with E-state index in [2.05, 4.69) is 15.7 Å². The number of rotatable bonds is 4. The Bertz CT molecular complexity index is 657. The van der Waals surface area contributed by atoms with Crippen molar-refractivity contribution in [2.45, 2.75) is 32.7 Å². The number of para-hydroxylation sites is 1. The number of nitrogens with zero attached hydrogens (tertiary/aromatic N) is 2. The van der Waals surface area contributed by atoms with Crippen molar-refractivity contribution >= 4 is 5.91 Å². The van der Waals surface area contributed by atoms with Crippen LogP contribution in [0.1, 0.15) is 23.4 Å². The van der Waals surface area contributed by atoms with E-state index in [9.17, 15) is 4.79 Å². The van der Waals surface area contributed by atoms with Gasteiger partial charge in [-0.05, 0) is 38.9 Å². The summed E-state index contributed by atoms with van der Waals surface area (Å²) in [6.45, 7) is 5.83. The molecule has 116 valence electrons. The van der Waals surface area contributed by atoms with Crippen LogP contribution in [0.5, 0.6) is 0 Å². The van der Waals surface area contributed by atoms with Crippen LogP contribution < -0.4 is 10.6 Å². The molecule has 1 aliphatic heterocycles. The molecule has 1 fully saturated rings. The fraction of sp³-hybridized carbons (Fsp3) is 0.412. The largest absolute Gasteiger partial charge is 0.352 e. The molecule has 0 aliphatic carbocycles. The van der Waals surface area contributed by atoms with Gasteiger partial charge in [0.25, 0.3) is 0 Å². The third-order valence-electron chi connectivity index (χ3n) is 4.20. The van der Waals surface area contributed by atoms with Crippen molar-refractivity contribution < 1.29 is 4.79 Å². The van der Waals surface area contributed by atoms with Gasteiger partial charge in [0.2, 0.25) is 5.91 Å². The van der Waals surface area contributed by atoms with Crippen LogP contribution in [0.3, 0.4) is 0 Å². The van der Waals surface area contributed by atoms with Gasteiger partial charge in [0.05, 0.1) is 17.8 Å². The second-order valence-corrected chi connectivity index (χ2v) is 5.83. The number of carbonyl (C=O) groups excluding carboxylic acids is 1. The molecule has 0 radical (unpaired) electrons. The fourth-order valence-corrected chi connectivity index (χ4v) is 2.97. The zero-order valence-corrected chi connectivity index (χ0v) is 13.1. The van der Waals surface area contributed by atoms with E-state index in [1.165, 1.54) is 0 Å². The average molecular weight is 298 g/mol. The van der Waals surface area contributed by atoms with E-state index in [1.807, 2.05) is 48.9 Å². The maximum Gasteiger partial charge on any atom is 0.224 e. The first-order valence-corrected chi connectivity index (χ1v) is 7.76. The van der Waals surface area contributed by atoms with E-state index >= 15 is 0 Å². The number of aryl methyl sites for hydroxylation is 1. The first-order valence-electron chi connectivity index (χ1n) is 7.76. The standard InChI is InChI=1S/C17H22N4O/c1-12-16(10-17(22)19-14-8-9-18-11-14)13(2)21(20-12)15-6-4-3-5-7-15/h3-7,14,18H,8-11H2,1-2H3,(H,19,22). The molecule has 1 amide bonds. The maximum absolute atomic E-state index is 12.2. The first kappa shape index (κ1) is 14.8. The van der Waals surface area contributed by atoms with Gasteiger partial charge in [-0.1, -0.05) is 18.2 Å². The van der Waals surface area contributed by atoms with Gasteiger partial charge in [-0.15, -0.1) is 0 Å². The van der Waals surface area contributed by atoms with Crippen molar-refractivity contribution in [3.8, 4) is 5.69 Å². The molecule has 2 N–H and O–H groups in total. The highest BCUT2D eigenvalue weighted by molar-refractivity contribution is 5.79. The molecule has 5 nitrogen and oxygen atoms in total. The predicted octanol–water partition coefficient (Wildman–Crippen LogP) is 1.51. The number of hydrogen-bond acceptors (Lipinski definition) is 3. The van der Waals surface area contributed by atoms with Gasteiger partial charge in [-0.3, -0.25) is 4.79 Å². The van der Waals surface area contributed by atoms with Gasteiger partial charge in [0.1, 0.15) is 0 Å². The van der Waals surface area contributed by atoms with Crippen molar-refractivity contribution in [2.75, 3.05) is 13.1 Å². The van der Waals surface area contributed by atoms with Crippen LogP contribution in [0.4, 0.5) is 0 Å². The van der Waals surface area contributed by atoms with Crippen LogP contribution in [0.25, 0.3) is 5.69 Å². The smallest absolute Gasteiger partial charge is 0.224 e. The molecule has 0 saturated carbocycles. The SMILES string of the molecule is Cc1nn(-c2ccccc2)c(C)c1CC(=O)NC1CCNC1. The monoisotopic (exact) mass is 298 g/mol. The van der Waals surface area contributed by atoms with Gasteiger partial charge in [-0.2, -0.15) is 5.10 Å². The molecule has 2 heterocycles. The lowest BCUT2D eigenvalue weighted by molar-refractivity contribution is -0.121. The van der Waals surface area contributed by atoms with Crippen LogP contribution in [0.15, 0.2) is 30.3 Å². The number of benzene rings is 1. The molecule has 1 atom stereocenters. The van der Waals surface area contributed by atoms with Crippen molar-refractivity contribution in [2.24, 2.45) is 0 Å². The predicted molar refractivity (Wildman–Crippen MR) is 86.2 cm³/mol. The molecule has 1 aromatic heterocycles. The topological polar surface area (TPSA) is 59.0 Å². The summed E-state index contributed by atoms with van der Waals surface area (Å²) < 4.78 is 1.91. The second-order valence-electron chi connectivity index (χ2n) is 5.83. The molecule has 22 heavy (non-hydrogen) atoms. The van der Waals surface area contributed by atoms with E-state index in [0.29, 0.717) is 6.42 Å². The highest BCUT2D eigenvalue weighted by Gasteiger charge is 2.20. The zero-order valence-electron chi connectivity index (χ0n) is 13.1. The molecular weight excluding hydrogens is 276 g/mol. The van der Waals surface area contributed by atoms with Gasteiger partial charge < -0.3 is 10.6 Å². The molecule has 1 aliphatic rings. The molecule has 1 unspecified atom stereocenters. The van der Waals surface area contributed by atoms with Gasteiger partial charge >= 0.3 is 0 Å². The van der Waals surface area contributed by atoms with E-state index in [-0.39, 0.29) is 11.9 Å². The van der Waals surface area contributed by atoms with Crippen LogP contribution in [0, 0.1) is 13.8 Å². The summed E-state index contributed by atoms with van der Waals surface area (Å²) in [5.74, 6) is 0.0764. The average Bonchev–Trinajstić information content (AvgIpc) is 3.11. The molecule has 5 heteroatoms. The zero-order chi connectivity index (χ0) is 15.5. The normalized spacial score (nSPS) is 17.6. The van der Waals surface area contributed by atoms with E-state index < -0.39 is 0 Å². The Labute approximate surface area is 130 Å². The molecule has 2 aromatic rings. The third kappa shape index (κ3) is 3.04. The number of aromatic nitrogens is 2. The van der Waals surface area contributed by atoms with E-state index in [4.69, 9.17) is 0 Å². The molecule has 0 spiro atoms. The maximum atomic E-state index is 12.2. The van der Waals surface area contributed by atoms with Crippen molar-refractivity contribution in [3.05, 3.63) is 47.3 Å². The summed E-state index contributed by atoms with van der Waals surface area (Å²) in [7, 11) is 0. The number of carbonyl (C=O) groups is 1. The minimum absolute atomic E-state index is 0.0764. The second kappa shape index (κ2) is 6.32. The number of amides is 1. The quantitative estimate of drug-likeness (QED) is 0.899. The summed E-state index contributed by atoms with van der Waals surface area (Å²) in [6, 6.07) is 10.3. The molecule has 1 saturated heterocycles. The minimum atomic E-state index is 0.0764. The third-order valence-corrected chi connectivity index (χ3v) is 4.20. The fourth-order valence-electron chi connectivity index (χ4n) is 2.97. The lowest BCUT2D eigenvalue weighted by Crippen LogP contribution is -2.37. The Balaban J connectivity index is 1.76. The Kier molecular flexibility index (Phi) is 4.24. The Morgan fingerprint density at radius 2 is 2.14 bits per heavy atom. The van der Waals surface area contributed by atoms with E-state index in [1.54, 1.807) is 0 Å². The van der Waals surface area contributed by atoms with Crippen LogP contribution in [-0.4, -0.2) is 34.8 Å². The Morgan fingerprint density at radius 1 is 1.36 bits per heavy atom. The van der Waals surface area contributed by atoms with Gasteiger partial charge in [0, 0.05) is 23.8 Å². The molecule has 3 rings (SSSR count). The van der Waals surface area contributed by atoms with Crippen molar-refractivity contribution in [1.82, 2.24) is 20.4 Å². The Hall–Kier alpha value is -2.14. The van der Waals surface area contributed by atoms with Crippen molar-refractivity contribution in [3.63, 3.8) is 0 Å². The number of nitrogens with one attached hydrogen (secondary N) is 2. The van der Waals surface area contributed by atoms with Crippen LogP contribution >= 0.6 is 0 Å². The highest BCUT2D eigenvalue weighted by Crippen LogP contribution is 2.18. The van der Waals surface area contributed by atoms with Crippen LogP contribution in [0.2, 0.25) is 0 Å². The summed E-state index contributed by atoms with van der Waals surface area (Å²) in [6.07, 6.45) is 1.40. The molecular formula is C17H22N4O. The lowest BCUT2D eigenvalue weighted by atomic mass is 10.1. The van der Waals surface area contributed by atoms with Gasteiger partial charge in [0.15, 0.2) is 0 Å². The van der Waals surface area contributed by atoms with E-state index in [0.717, 1.165) is 42.1 Å². The summed E-state index contributed by atoms with van der Waals surface area (Å²) in [5.41, 5.74) is 3.99. The Morgan fingerprint density at radius 3 is 2.82 bits per heavy atom. The van der Waals surface area contributed by atoms with Crippen molar-refractivity contribution in [1.29, 1.82) is 0 Å². The lowest BCUT2D eigenvalue weighted by Gasteiger charge is -2.11. The van der Waals surface area contributed by atoms with Crippen LogP contribution in [-0.2, 0) is 11.2 Å². The summed E-state index contributed by atoms with van der Waals surface area (Å²) in [5, 5.41) is 10.9. The molecule has 1 aromatic carbocycles. The highest BCUT2D eigenvalue weighted by atomic mass is 16.1. The summed E-state index contributed by atoms with van der Waals surface area (Å²) >= 11 is 0. The molecule has 0 bridgehead atoms. The van der Waals surface area contributed by atoms with Gasteiger partial charge in [-0.25, -0.2) is 4.68 Å².